The van der Waals surface area contributed by atoms with Gasteiger partial charge >= 0.3 is 0 Å². The van der Waals surface area contributed by atoms with Gasteiger partial charge in [0.25, 0.3) is 5.91 Å². The summed E-state index contributed by atoms with van der Waals surface area (Å²) in [5, 5.41) is 10.3. The van der Waals surface area contributed by atoms with E-state index in [1.54, 1.807) is 45.5 Å². The number of para-hydroxylation sites is 1. The molecule has 0 saturated carbocycles. The third-order valence-electron chi connectivity index (χ3n) is 9.61. The summed E-state index contributed by atoms with van der Waals surface area (Å²) in [6.45, 7) is 16.5. The lowest BCUT2D eigenvalue weighted by molar-refractivity contribution is -0.145. The van der Waals surface area contributed by atoms with Gasteiger partial charge in [-0.15, -0.1) is 24.9 Å². The minimum absolute atomic E-state index is 0.0240. The van der Waals surface area contributed by atoms with Gasteiger partial charge in [-0.25, -0.2) is 0 Å². The number of aliphatic hydroxyl groups is 1. The second-order valence-corrected chi connectivity index (χ2v) is 13.8. The average Bonchev–Trinajstić information content (AvgIpc) is 3.59. The lowest BCUT2D eigenvalue weighted by Gasteiger charge is -2.42. The van der Waals surface area contributed by atoms with E-state index in [0.29, 0.717) is 13.1 Å². The van der Waals surface area contributed by atoms with E-state index in [2.05, 4.69) is 20.1 Å². The van der Waals surface area contributed by atoms with Gasteiger partial charge in [0.05, 0.1) is 29.2 Å². The molecule has 0 aromatic heterocycles. The summed E-state index contributed by atoms with van der Waals surface area (Å²) in [6.07, 6.45) is 4.18. The summed E-state index contributed by atoms with van der Waals surface area (Å²) in [6, 6.07) is 14.4. The van der Waals surface area contributed by atoms with Crippen molar-refractivity contribution < 1.29 is 19.5 Å². The van der Waals surface area contributed by atoms with Crippen LogP contribution in [0.25, 0.3) is 0 Å². The van der Waals surface area contributed by atoms with Gasteiger partial charge in [-0.05, 0) is 49.8 Å². The predicted molar refractivity (Wildman–Crippen MR) is 173 cm³/mol. The molecule has 3 aliphatic heterocycles. The molecule has 8 heteroatoms. The number of aliphatic hydroxyl groups excluding tert-OH is 1. The van der Waals surface area contributed by atoms with E-state index in [-0.39, 0.29) is 42.0 Å². The number of thioether (sulfide) groups is 1. The summed E-state index contributed by atoms with van der Waals surface area (Å²) in [7, 11) is 0. The van der Waals surface area contributed by atoms with E-state index in [1.165, 1.54) is 0 Å². The van der Waals surface area contributed by atoms with Crippen LogP contribution in [0.2, 0.25) is 0 Å². The highest BCUT2D eigenvalue weighted by Gasteiger charge is 2.76. The fourth-order valence-electron chi connectivity index (χ4n) is 7.79. The van der Waals surface area contributed by atoms with Crippen LogP contribution in [0.15, 0.2) is 73.8 Å². The molecule has 3 aliphatic rings. The molecule has 3 heterocycles. The third kappa shape index (κ3) is 5.02. The highest BCUT2D eigenvalue weighted by molar-refractivity contribution is 8.02. The van der Waals surface area contributed by atoms with Gasteiger partial charge in [-0.3, -0.25) is 14.4 Å². The van der Waals surface area contributed by atoms with Crippen LogP contribution in [0.5, 0.6) is 0 Å². The van der Waals surface area contributed by atoms with E-state index in [1.807, 2.05) is 62.4 Å². The molecule has 0 radical (unpaired) electrons. The lowest BCUT2D eigenvalue weighted by Crippen LogP contribution is -2.59. The molecule has 0 aliphatic carbocycles. The van der Waals surface area contributed by atoms with Crippen molar-refractivity contribution in [1.29, 1.82) is 0 Å². The summed E-state index contributed by atoms with van der Waals surface area (Å²) in [5.41, 5.74) is 3.74. The van der Waals surface area contributed by atoms with E-state index in [0.717, 1.165) is 28.8 Å². The first-order chi connectivity index (χ1) is 20.6. The molecule has 3 amide bonds. The number of nitrogens with zero attached hydrogens (tertiary/aromatic N) is 3. The molecule has 2 aromatic carbocycles. The number of likely N-dealkylation sites (tertiary alicyclic amines) is 1. The van der Waals surface area contributed by atoms with Gasteiger partial charge in [-0.1, -0.05) is 67.6 Å². The second-order valence-electron chi connectivity index (χ2n) is 12.3. The number of anilines is 1. The Kier molecular flexibility index (Phi) is 8.91. The van der Waals surface area contributed by atoms with Crippen LogP contribution in [0.1, 0.15) is 37.0 Å². The SMILES string of the molecule is C=CCN(Cc1ccccc1)C(=O)[C@@H]1[C@H]2C(=O)N([C@H](C)CO)C(C(=O)N(CC=C)c3c(C)cccc3C)C23S[C@@H]1CC3C. The van der Waals surface area contributed by atoms with Crippen LogP contribution in [0.4, 0.5) is 5.69 Å². The Labute approximate surface area is 259 Å². The summed E-state index contributed by atoms with van der Waals surface area (Å²) < 4.78 is -0.787. The van der Waals surface area contributed by atoms with Crippen LogP contribution in [0, 0.1) is 31.6 Å². The Balaban J connectivity index is 1.59. The molecule has 1 N–H and O–H groups in total. The number of benzene rings is 2. The number of fused-ring (bicyclic) bond motifs is 1. The molecule has 43 heavy (non-hydrogen) atoms. The maximum Gasteiger partial charge on any atom is 0.251 e. The second kappa shape index (κ2) is 12.3. The number of carbonyl (C=O) groups is 3. The largest absolute Gasteiger partial charge is 0.394 e. The highest BCUT2D eigenvalue weighted by Crippen LogP contribution is 2.69. The zero-order chi connectivity index (χ0) is 31.1. The van der Waals surface area contributed by atoms with Crippen LogP contribution < -0.4 is 4.90 Å². The normalized spacial score (nSPS) is 28.0. The zero-order valence-corrected chi connectivity index (χ0v) is 26.4. The first-order valence-corrected chi connectivity index (χ1v) is 16.0. The van der Waals surface area contributed by atoms with Crippen LogP contribution in [0.3, 0.4) is 0 Å². The van der Waals surface area contributed by atoms with Crippen LogP contribution in [-0.2, 0) is 20.9 Å². The maximum atomic E-state index is 14.9. The van der Waals surface area contributed by atoms with Gasteiger partial charge in [0.1, 0.15) is 6.04 Å². The van der Waals surface area contributed by atoms with E-state index in [9.17, 15) is 19.5 Å². The van der Waals surface area contributed by atoms with Gasteiger partial charge in [0.2, 0.25) is 11.8 Å². The van der Waals surface area contributed by atoms with Gasteiger partial charge in [0, 0.05) is 30.6 Å². The third-order valence-corrected chi connectivity index (χ3v) is 11.7. The standard InChI is InChI=1S/C35H43N3O4S/c1-7-17-36(20-26-15-10-9-11-16-26)32(40)28-27-19-24(5)35(43-27)29(28)33(41)38(25(6)21-39)31(35)34(42)37(18-8-2)30-22(3)13-12-14-23(30)4/h7-16,24-25,27-29,31,39H,1-2,17-21H2,3-6H3/t24?,25-,27-,28+,29+,31?,35?/m1/s1. The molecule has 1 spiro atoms. The van der Waals surface area contributed by atoms with Crippen molar-refractivity contribution in [2.45, 2.75) is 62.7 Å². The molecule has 2 aromatic rings. The average molecular weight is 602 g/mol. The fourth-order valence-corrected chi connectivity index (χ4v) is 10.2. The molecular weight excluding hydrogens is 558 g/mol. The number of amides is 3. The minimum Gasteiger partial charge on any atom is -0.394 e. The van der Waals surface area contributed by atoms with E-state index in [4.69, 9.17) is 0 Å². The van der Waals surface area contributed by atoms with Gasteiger partial charge in [-0.2, -0.15) is 0 Å². The van der Waals surface area contributed by atoms with Crippen molar-refractivity contribution in [2.24, 2.45) is 17.8 Å². The van der Waals surface area contributed by atoms with Crippen molar-refractivity contribution in [1.82, 2.24) is 9.80 Å². The molecule has 3 saturated heterocycles. The number of aryl methyl sites for hydroxylation is 2. The van der Waals surface area contributed by atoms with Crippen molar-refractivity contribution in [3.63, 3.8) is 0 Å². The first-order valence-electron chi connectivity index (χ1n) is 15.1. The predicted octanol–water partition coefficient (Wildman–Crippen LogP) is 4.76. The topological polar surface area (TPSA) is 81.2 Å². The summed E-state index contributed by atoms with van der Waals surface area (Å²) in [5.74, 6) is -1.66. The number of carbonyl (C=O) groups excluding carboxylic acids is 3. The van der Waals surface area contributed by atoms with Crippen molar-refractivity contribution in [2.75, 3.05) is 24.6 Å². The molecule has 7 atom stereocenters. The molecule has 228 valence electrons. The van der Waals surface area contributed by atoms with E-state index < -0.39 is 28.7 Å². The molecular formula is C35H43N3O4S. The Hall–Kier alpha value is -3.36. The van der Waals surface area contributed by atoms with Gasteiger partial charge in [0.15, 0.2) is 0 Å². The maximum absolute atomic E-state index is 14.9. The fraction of sp³-hybridized carbons (Fsp3) is 0.457. The molecule has 7 nitrogen and oxygen atoms in total. The Bertz CT molecular complexity index is 1390. The van der Waals surface area contributed by atoms with Crippen molar-refractivity contribution >= 4 is 35.2 Å². The quantitative estimate of drug-likeness (QED) is 0.376. The Morgan fingerprint density at radius 1 is 1.07 bits per heavy atom. The van der Waals surface area contributed by atoms with Crippen molar-refractivity contribution in [3.05, 3.63) is 90.5 Å². The summed E-state index contributed by atoms with van der Waals surface area (Å²) in [4.78, 5) is 49.1. The molecule has 3 unspecified atom stereocenters. The molecule has 2 bridgehead atoms. The minimum atomic E-state index is -0.823. The number of hydrogen-bond donors (Lipinski definition) is 1. The van der Waals surface area contributed by atoms with Gasteiger partial charge < -0.3 is 19.8 Å². The molecule has 5 rings (SSSR count). The monoisotopic (exact) mass is 601 g/mol. The smallest absolute Gasteiger partial charge is 0.251 e. The Morgan fingerprint density at radius 2 is 1.72 bits per heavy atom. The van der Waals surface area contributed by atoms with E-state index >= 15 is 0 Å². The number of hydrogen-bond acceptors (Lipinski definition) is 5. The highest BCUT2D eigenvalue weighted by atomic mass is 32.2. The first kappa shape index (κ1) is 31.1. The molecule has 3 fully saturated rings. The summed E-state index contributed by atoms with van der Waals surface area (Å²) >= 11 is 1.66. The zero-order valence-electron chi connectivity index (χ0n) is 25.6. The Morgan fingerprint density at radius 3 is 2.33 bits per heavy atom. The van der Waals surface area contributed by atoms with Crippen LogP contribution in [-0.4, -0.2) is 74.4 Å². The number of rotatable bonds is 11. The van der Waals surface area contributed by atoms with Crippen molar-refractivity contribution in [3.8, 4) is 0 Å². The lowest BCUT2D eigenvalue weighted by atomic mass is 9.65. The van der Waals surface area contributed by atoms with Crippen LogP contribution >= 0.6 is 11.8 Å².